The van der Waals surface area contributed by atoms with Crippen LogP contribution in [0.15, 0.2) is 137 Å². The Bertz CT molecular complexity index is 2140. The fraction of sp³-hybridized carbons (Fsp3) is 0.0811. The molecule has 0 spiro atoms. The zero-order valence-corrected chi connectivity index (χ0v) is 21.8. The maximum Gasteiger partial charge on any atom is 0.230 e. The number of rotatable bonds is 1. The molecule has 0 amide bonds. The monoisotopic (exact) mass is 511 g/mol. The summed E-state index contributed by atoms with van der Waals surface area (Å²) in [7, 11) is 0. The van der Waals surface area contributed by atoms with E-state index in [1.165, 1.54) is 49.3 Å². The molecular formula is C37H25N3. The van der Waals surface area contributed by atoms with Gasteiger partial charge in [0.25, 0.3) is 0 Å². The second kappa shape index (κ2) is 8.24. The van der Waals surface area contributed by atoms with Gasteiger partial charge in [0.1, 0.15) is 0 Å². The summed E-state index contributed by atoms with van der Waals surface area (Å²) in [6.07, 6.45) is 9.59. The average Bonchev–Trinajstić information content (AvgIpc) is 3.58. The zero-order valence-electron chi connectivity index (χ0n) is 21.8. The summed E-state index contributed by atoms with van der Waals surface area (Å²) in [5.41, 5.74) is 10.0. The van der Waals surface area contributed by atoms with Gasteiger partial charge in [-0.1, -0.05) is 121 Å². The van der Waals surface area contributed by atoms with Crippen LogP contribution in [0.2, 0.25) is 0 Å². The predicted molar refractivity (Wildman–Crippen MR) is 167 cm³/mol. The smallest absolute Gasteiger partial charge is 0.230 e. The van der Waals surface area contributed by atoms with Crippen LogP contribution in [-0.4, -0.2) is 22.3 Å². The lowest BCUT2D eigenvalue weighted by Crippen LogP contribution is -2.33. The average molecular weight is 512 g/mol. The van der Waals surface area contributed by atoms with Crippen molar-refractivity contribution in [3.05, 3.63) is 144 Å². The first kappa shape index (κ1) is 21.9. The number of nitrogens with zero attached hydrogens (tertiary/aromatic N) is 3. The van der Waals surface area contributed by atoms with Gasteiger partial charge in [-0.2, -0.15) is 0 Å². The summed E-state index contributed by atoms with van der Waals surface area (Å²) in [6, 6.07) is 37.1. The number of aliphatic imine (C=N–C) groups is 2. The summed E-state index contributed by atoms with van der Waals surface area (Å²) in [5.74, 6) is 0.889. The van der Waals surface area contributed by atoms with Crippen molar-refractivity contribution in [2.45, 2.75) is 12.5 Å². The van der Waals surface area contributed by atoms with Crippen LogP contribution in [0.25, 0.3) is 43.7 Å². The molecule has 6 aromatic rings. The van der Waals surface area contributed by atoms with E-state index in [0.29, 0.717) is 0 Å². The third-order valence-corrected chi connectivity index (χ3v) is 8.76. The number of allylic oxidation sites excluding steroid dienone is 2. The molecule has 2 aliphatic carbocycles. The molecule has 0 radical (unpaired) electrons. The highest BCUT2D eigenvalue weighted by Crippen LogP contribution is 2.48. The first-order valence-corrected chi connectivity index (χ1v) is 14.0. The SMILES string of the molecule is C1=CC2N=C(n3c4ccccc4c4c5ccccc5c5c(c43)Cc3ccccc3-5)N=C(c3ccccc3)C2C=C1. The lowest BCUT2D eigenvalue weighted by Gasteiger charge is -2.28. The van der Waals surface area contributed by atoms with Crippen molar-refractivity contribution in [3.63, 3.8) is 0 Å². The van der Waals surface area contributed by atoms with Crippen LogP contribution in [0.4, 0.5) is 0 Å². The number of hydrogen-bond acceptors (Lipinski definition) is 2. The van der Waals surface area contributed by atoms with Crippen LogP contribution in [0.3, 0.4) is 0 Å². The minimum atomic E-state index is 0.00891. The van der Waals surface area contributed by atoms with E-state index in [1.807, 2.05) is 0 Å². The van der Waals surface area contributed by atoms with Gasteiger partial charge < -0.3 is 0 Å². The molecule has 9 rings (SSSR count). The Kier molecular flexibility index (Phi) is 4.50. The topological polar surface area (TPSA) is 29.6 Å². The number of aromatic nitrogens is 1. The fourth-order valence-corrected chi connectivity index (χ4v) is 7.08. The summed E-state index contributed by atoms with van der Waals surface area (Å²) >= 11 is 0. The molecule has 0 fully saturated rings. The van der Waals surface area contributed by atoms with Gasteiger partial charge in [-0.15, -0.1) is 0 Å². The second-order valence-electron chi connectivity index (χ2n) is 10.9. The molecule has 3 aliphatic rings. The van der Waals surface area contributed by atoms with Gasteiger partial charge in [0.05, 0.1) is 22.8 Å². The van der Waals surface area contributed by atoms with Crippen LogP contribution in [0.5, 0.6) is 0 Å². The fourth-order valence-electron chi connectivity index (χ4n) is 7.08. The molecule has 40 heavy (non-hydrogen) atoms. The molecule has 0 N–H and O–H groups in total. The molecule has 0 saturated heterocycles. The zero-order chi connectivity index (χ0) is 26.2. The Morgan fingerprint density at radius 1 is 0.675 bits per heavy atom. The first-order chi connectivity index (χ1) is 19.9. The van der Waals surface area contributed by atoms with Gasteiger partial charge in [0.2, 0.25) is 5.96 Å². The van der Waals surface area contributed by atoms with Crippen LogP contribution >= 0.6 is 0 Å². The van der Waals surface area contributed by atoms with Crippen molar-refractivity contribution in [1.82, 2.24) is 4.57 Å². The van der Waals surface area contributed by atoms with E-state index in [1.54, 1.807) is 0 Å². The van der Waals surface area contributed by atoms with Gasteiger partial charge in [-0.25, -0.2) is 9.98 Å². The molecule has 5 aromatic carbocycles. The Balaban J connectivity index is 1.43. The second-order valence-corrected chi connectivity index (χ2v) is 10.9. The van der Waals surface area contributed by atoms with Crippen molar-refractivity contribution in [1.29, 1.82) is 0 Å². The van der Waals surface area contributed by atoms with Crippen molar-refractivity contribution >= 4 is 44.2 Å². The number of para-hydroxylation sites is 1. The van der Waals surface area contributed by atoms with Gasteiger partial charge >= 0.3 is 0 Å². The highest BCUT2D eigenvalue weighted by molar-refractivity contribution is 6.28. The van der Waals surface area contributed by atoms with Crippen LogP contribution in [0.1, 0.15) is 16.7 Å². The number of fused-ring (bicyclic) bond motifs is 11. The molecule has 1 aromatic heterocycles. The summed E-state index contributed by atoms with van der Waals surface area (Å²) < 4.78 is 2.35. The molecule has 0 bridgehead atoms. The summed E-state index contributed by atoms with van der Waals surface area (Å²) in [4.78, 5) is 10.7. The molecule has 188 valence electrons. The lowest BCUT2D eigenvalue weighted by atomic mass is 9.86. The summed E-state index contributed by atoms with van der Waals surface area (Å²) in [6.45, 7) is 0. The number of hydrogen-bond donors (Lipinski definition) is 0. The third kappa shape index (κ3) is 2.95. The molecule has 2 unspecified atom stereocenters. The Morgan fingerprint density at radius 2 is 1.40 bits per heavy atom. The largest absolute Gasteiger partial charge is 0.278 e. The normalized spacial score (nSPS) is 19.0. The molecule has 3 heteroatoms. The van der Waals surface area contributed by atoms with E-state index in [9.17, 15) is 0 Å². The first-order valence-electron chi connectivity index (χ1n) is 14.0. The standard InChI is InChI=1S/C37H25N3/c1-2-12-23(13-3-1)35-28-18-8-10-20-31(28)38-37(39-35)40-32-21-11-9-19-29(32)34-27-17-7-6-16-26(27)33-25-15-5-4-14-24(25)22-30(33)36(34)40/h1-21,28,31H,22H2. The minimum absolute atomic E-state index is 0.00891. The van der Waals surface area contributed by atoms with Gasteiger partial charge in [-0.3, -0.25) is 4.57 Å². The van der Waals surface area contributed by atoms with Gasteiger partial charge in [-0.05, 0) is 44.7 Å². The van der Waals surface area contributed by atoms with Crippen LogP contribution < -0.4 is 0 Å². The van der Waals surface area contributed by atoms with Gasteiger partial charge in [0.15, 0.2) is 0 Å². The Morgan fingerprint density at radius 3 is 2.30 bits per heavy atom. The lowest BCUT2D eigenvalue weighted by molar-refractivity contribution is 0.703. The van der Waals surface area contributed by atoms with Crippen LogP contribution in [0, 0.1) is 5.92 Å². The van der Waals surface area contributed by atoms with E-state index in [2.05, 4.69) is 132 Å². The molecule has 1 aliphatic heterocycles. The highest BCUT2D eigenvalue weighted by atomic mass is 15.2. The maximum atomic E-state index is 5.38. The van der Waals surface area contributed by atoms with Crippen molar-refractivity contribution in [2.24, 2.45) is 15.9 Å². The Hall–Kier alpha value is -5.02. The molecule has 3 nitrogen and oxygen atoms in total. The predicted octanol–water partition coefficient (Wildman–Crippen LogP) is 8.34. The van der Waals surface area contributed by atoms with E-state index in [-0.39, 0.29) is 12.0 Å². The maximum absolute atomic E-state index is 5.38. The molecular weight excluding hydrogens is 486 g/mol. The third-order valence-electron chi connectivity index (χ3n) is 8.76. The quantitative estimate of drug-likeness (QED) is 0.212. The van der Waals surface area contributed by atoms with Crippen LogP contribution in [-0.2, 0) is 6.42 Å². The van der Waals surface area contributed by atoms with E-state index in [4.69, 9.17) is 9.98 Å². The molecule has 2 atom stereocenters. The number of benzene rings is 5. The van der Waals surface area contributed by atoms with E-state index in [0.717, 1.165) is 29.2 Å². The van der Waals surface area contributed by atoms with Crippen molar-refractivity contribution in [3.8, 4) is 11.1 Å². The highest BCUT2D eigenvalue weighted by Gasteiger charge is 2.33. The van der Waals surface area contributed by atoms with E-state index >= 15 is 0 Å². The van der Waals surface area contributed by atoms with Crippen molar-refractivity contribution in [2.75, 3.05) is 0 Å². The molecule has 2 heterocycles. The minimum Gasteiger partial charge on any atom is -0.278 e. The van der Waals surface area contributed by atoms with Crippen molar-refractivity contribution < 1.29 is 0 Å². The van der Waals surface area contributed by atoms with Gasteiger partial charge in [0, 0.05) is 23.1 Å². The Labute approximate surface area is 232 Å². The molecule has 0 saturated carbocycles. The van der Waals surface area contributed by atoms with E-state index < -0.39 is 0 Å². The summed E-state index contributed by atoms with van der Waals surface area (Å²) in [5, 5.41) is 5.13.